The van der Waals surface area contributed by atoms with Gasteiger partial charge in [-0.3, -0.25) is 0 Å². The Bertz CT molecular complexity index is 386. The second kappa shape index (κ2) is 5.87. The highest BCUT2D eigenvalue weighted by Crippen LogP contribution is 2.32. The molecule has 2 unspecified atom stereocenters. The summed E-state index contributed by atoms with van der Waals surface area (Å²) >= 11 is 5.90. The van der Waals surface area contributed by atoms with Crippen molar-refractivity contribution < 1.29 is 0 Å². The number of hydrogen-bond acceptors (Lipinski definition) is 3. The zero-order valence-corrected chi connectivity index (χ0v) is 12.2. The molecule has 1 N–H and O–H groups in total. The fourth-order valence-corrected chi connectivity index (χ4v) is 3.16. The number of rotatable bonds is 3. The van der Waals surface area contributed by atoms with Crippen molar-refractivity contribution in [2.24, 2.45) is 11.8 Å². The summed E-state index contributed by atoms with van der Waals surface area (Å²) in [5.74, 6) is 2.30. The Labute approximate surface area is 114 Å². The van der Waals surface area contributed by atoms with Gasteiger partial charge in [-0.1, -0.05) is 26.7 Å². The monoisotopic (exact) mass is 267 g/mol. The molecule has 1 aliphatic carbocycles. The summed E-state index contributed by atoms with van der Waals surface area (Å²) in [6.45, 7) is 6.56. The topological polar surface area (TPSA) is 37.8 Å². The summed E-state index contributed by atoms with van der Waals surface area (Å²) in [5, 5.41) is 3.89. The molecule has 1 fully saturated rings. The van der Waals surface area contributed by atoms with Crippen LogP contribution in [0.4, 0.5) is 5.82 Å². The summed E-state index contributed by atoms with van der Waals surface area (Å²) in [6.07, 6.45) is 5.19. The first-order valence-corrected chi connectivity index (χ1v) is 7.22. The lowest BCUT2D eigenvalue weighted by molar-refractivity contribution is 0.253. The zero-order valence-electron chi connectivity index (χ0n) is 11.4. The van der Waals surface area contributed by atoms with E-state index in [4.69, 9.17) is 11.6 Å². The van der Waals surface area contributed by atoms with E-state index in [1.54, 1.807) is 0 Å². The summed E-state index contributed by atoms with van der Waals surface area (Å²) in [7, 11) is 0. The van der Waals surface area contributed by atoms with Crippen LogP contribution < -0.4 is 5.32 Å². The fraction of sp³-hybridized carbons (Fsp3) is 0.714. The van der Waals surface area contributed by atoms with Crippen molar-refractivity contribution in [3.8, 4) is 0 Å². The van der Waals surface area contributed by atoms with E-state index in [2.05, 4.69) is 29.1 Å². The van der Waals surface area contributed by atoms with Crippen LogP contribution in [0, 0.1) is 18.8 Å². The number of aryl methyl sites for hydroxylation is 1. The Morgan fingerprint density at radius 3 is 2.67 bits per heavy atom. The summed E-state index contributed by atoms with van der Waals surface area (Å²) in [5.41, 5.74) is 0.911. The molecule has 0 bridgehead atoms. The van der Waals surface area contributed by atoms with Crippen molar-refractivity contribution in [2.75, 3.05) is 5.32 Å². The Hall–Kier alpha value is -0.830. The predicted octanol–water partition coefficient (Wildman–Crippen LogP) is 4.07. The Morgan fingerprint density at radius 1 is 1.28 bits per heavy atom. The molecule has 1 heterocycles. The van der Waals surface area contributed by atoms with Crippen LogP contribution in [-0.2, 0) is 0 Å². The van der Waals surface area contributed by atoms with Gasteiger partial charge in [-0.15, -0.1) is 0 Å². The molecular weight excluding hydrogens is 246 g/mol. The molecule has 3 nitrogen and oxygen atoms in total. The van der Waals surface area contributed by atoms with Gasteiger partial charge in [0.2, 0.25) is 5.28 Å². The van der Waals surface area contributed by atoms with E-state index in [1.165, 1.54) is 25.7 Å². The van der Waals surface area contributed by atoms with Gasteiger partial charge >= 0.3 is 0 Å². The summed E-state index contributed by atoms with van der Waals surface area (Å²) in [4.78, 5) is 8.36. The van der Waals surface area contributed by atoms with Crippen molar-refractivity contribution in [3.05, 3.63) is 17.0 Å². The maximum Gasteiger partial charge on any atom is 0.224 e. The number of hydrogen-bond donors (Lipinski definition) is 1. The molecule has 1 aromatic rings. The van der Waals surface area contributed by atoms with Crippen LogP contribution in [0.15, 0.2) is 6.07 Å². The smallest absolute Gasteiger partial charge is 0.224 e. The average Bonchev–Trinajstić information content (AvgIpc) is 2.27. The lowest BCUT2D eigenvalue weighted by Gasteiger charge is -2.35. The molecule has 1 aliphatic rings. The molecule has 0 amide bonds. The SMILES string of the molecule is Cc1cc(NC2CCCCC2C(C)C)nc(Cl)n1. The first kappa shape index (κ1) is 13.6. The van der Waals surface area contributed by atoms with Gasteiger partial charge in [-0.25, -0.2) is 9.97 Å². The van der Waals surface area contributed by atoms with Gasteiger partial charge in [0.05, 0.1) is 0 Å². The van der Waals surface area contributed by atoms with E-state index in [-0.39, 0.29) is 0 Å². The first-order valence-electron chi connectivity index (χ1n) is 6.84. The third-order valence-corrected chi connectivity index (χ3v) is 4.00. The number of nitrogens with one attached hydrogen (secondary N) is 1. The second-order valence-corrected chi connectivity index (χ2v) is 5.94. The molecule has 0 radical (unpaired) electrons. The van der Waals surface area contributed by atoms with Crippen LogP contribution in [0.1, 0.15) is 45.2 Å². The highest BCUT2D eigenvalue weighted by atomic mass is 35.5. The molecule has 100 valence electrons. The molecule has 0 aromatic carbocycles. The second-order valence-electron chi connectivity index (χ2n) is 5.61. The minimum atomic E-state index is 0.328. The van der Waals surface area contributed by atoms with Gasteiger partial charge in [-0.05, 0) is 43.2 Å². The van der Waals surface area contributed by atoms with E-state index in [0.717, 1.165) is 17.4 Å². The van der Waals surface area contributed by atoms with Crippen LogP contribution in [0.5, 0.6) is 0 Å². The molecule has 2 rings (SSSR count). The van der Waals surface area contributed by atoms with Crippen molar-refractivity contribution >= 4 is 17.4 Å². The summed E-state index contributed by atoms with van der Waals surface area (Å²) in [6, 6.07) is 2.49. The van der Waals surface area contributed by atoms with Crippen molar-refractivity contribution in [3.63, 3.8) is 0 Å². The molecule has 0 saturated heterocycles. The Balaban J connectivity index is 2.10. The highest BCUT2D eigenvalue weighted by Gasteiger charge is 2.27. The van der Waals surface area contributed by atoms with Crippen molar-refractivity contribution in [2.45, 2.75) is 52.5 Å². The largest absolute Gasteiger partial charge is 0.367 e. The van der Waals surface area contributed by atoms with Gasteiger partial charge in [0.15, 0.2) is 0 Å². The van der Waals surface area contributed by atoms with E-state index < -0.39 is 0 Å². The standard InChI is InChI=1S/C14H22ClN3/c1-9(2)11-6-4-5-7-12(11)17-13-8-10(3)16-14(15)18-13/h8-9,11-12H,4-7H2,1-3H3,(H,16,17,18). The molecular formula is C14H22ClN3. The quantitative estimate of drug-likeness (QED) is 0.839. The van der Waals surface area contributed by atoms with Crippen LogP contribution in [0.2, 0.25) is 5.28 Å². The molecule has 2 atom stereocenters. The van der Waals surface area contributed by atoms with E-state index >= 15 is 0 Å². The van der Waals surface area contributed by atoms with Gasteiger partial charge in [0, 0.05) is 17.8 Å². The van der Waals surface area contributed by atoms with E-state index in [0.29, 0.717) is 17.2 Å². The summed E-state index contributed by atoms with van der Waals surface area (Å²) < 4.78 is 0. The first-order chi connectivity index (χ1) is 8.56. The molecule has 4 heteroatoms. The Kier molecular flexibility index (Phi) is 4.44. The normalized spacial score (nSPS) is 24.3. The zero-order chi connectivity index (χ0) is 13.1. The minimum Gasteiger partial charge on any atom is -0.367 e. The van der Waals surface area contributed by atoms with Crippen molar-refractivity contribution in [1.82, 2.24) is 9.97 Å². The third-order valence-electron chi connectivity index (χ3n) is 3.84. The van der Waals surface area contributed by atoms with Crippen LogP contribution in [0.25, 0.3) is 0 Å². The van der Waals surface area contributed by atoms with Crippen LogP contribution in [0.3, 0.4) is 0 Å². The highest BCUT2D eigenvalue weighted by molar-refractivity contribution is 6.28. The molecule has 1 saturated carbocycles. The van der Waals surface area contributed by atoms with Gasteiger partial charge in [0.1, 0.15) is 5.82 Å². The fourth-order valence-electron chi connectivity index (χ4n) is 2.93. The molecule has 18 heavy (non-hydrogen) atoms. The molecule has 0 aliphatic heterocycles. The number of aromatic nitrogens is 2. The third kappa shape index (κ3) is 3.35. The minimum absolute atomic E-state index is 0.328. The Morgan fingerprint density at radius 2 is 2.00 bits per heavy atom. The number of halogens is 1. The number of anilines is 1. The maximum absolute atomic E-state index is 5.90. The lowest BCUT2D eigenvalue weighted by atomic mass is 9.78. The lowest BCUT2D eigenvalue weighted by Crippen LogP contribution is -2.35. The van der Waals surface area contributed by atoms with E-state index in [9.17, 15) is 0 Å². The average molecular weight is 268 g/mol. The van der Waals surface area contributed by atoms with Gasteiger partial charge in [0.25, 0.3) is 0 Å². The number of nitrogens with zero attached hydrogens (tertiary/aromatic N) is 2. The van der Waals surface area contributed by atoms with Gasteiger partial charge < -0.3 is 5.32 Å². The molecule has 1 aromatic heterocycles. The van der Waals surface area contributed by atoms with Crippen LogP contribution >= 0.6 is 11.6 Å². The van der Waals surface area contributed by atoms with Crippen LogP contribution in [-0.4, -0.2) is 16.0 Å². The molecule has 0 spiro atoms. The van der Waals surface area contributed by atoms with E-state index in [1.807, 2.05) is 13.0 Å². The van der Waals surface area contributed by atoms with Gasteiger partial charge in [-0.2, -0.15) is 0 Å². The predicted molar refractivity (Wildman–Crippen MR) is 76.0 cm³/mol. The maximum atomic E-state index is 5.90. The van der Waals surface area contributed by atoms with Crippen molar-refractivity contribution in [1.29, 1.82) is 0 Å².